The van der Waals surface area contributed by atoms with Crippen LogP contribution in [-0.2, 0) is 0 Å². The van der Waals surface area contributed by atoms with Gasteiger partial charge in [0.2, 0.25) is 5.71 Å². The maximum Gasteiger partial charge on any atom is 0.227 e. The Labute approximate surface area is 198 Å². The second-order valence-corrected chi connectivity index (χ2v) is 8.65. The van der Waals surface area contributed by atoms with Crippen LogP contribution in [0, 0.1) is 0 Å². The number of imidazole rings is 1. The lowest BCUT2D eigenvalue weighted by Crippen LogP contribution is -1.98. The zero-order valence-electron chi connectivity index (χ0n) is 18.5. The molecular formula is C30H17N3O2. The fourth-order valence-corrected chi connectivity index (χ4v) is 5.17. The molecule has 0 saturated heterocycles. The highest BCUT2D eigenvalue weighted by molar-refractivity contribution is 6.10. The maximum atomic E-state index is 6.40. The topological polar surface area (TPSA) is 57.0 Å². The number of hydrogen-bond donors (Lipinski definition) is 0. The molecule has 0 aliphatic heterocycles. The number of hydrogen-bond acceptors (Lipinski definition) is 4. The minimum absolute atomic E-state index is 0.622. The lowest BCUT2D eigenvalue weighted by molar-refractivity contribution is 0.654. The summed E-state index contributed by atoms with van der Waals surface area (Å²) in [5.74, 6) is 0.795. The van der Waals surface area contributed by atoms with Gasteiger partial charge in [-0.05, 0) is 42.5 Å². The first-order valence-electron chi connectivity index (χ1n) is 11.5. The summed E-state index contributed by atoms with van der Waals surface area (Å²) >= 11 is 0. The Hall–Kier alpha value is -4.90. The molecule has 0 aliphatic rings. The zero-order chi connectivity index (χ0) is 22.9. The molecule has 0 saturated carbocycles. The van der Waals surface area contributed by atoms with Crippen molar-refractivity contribution < 1.29 is 8.83 Å². The van der Waals surface area contributed by atoms with E-state index in [-0.39, 0.29) is 0 Å². The van der Waals surface area contributed by atoms with Gasteiger partial charge >= 0.3 is 0 Å². The van der Waals surface area contributed by atoms with Gasteiger partial charge in [0, 0.05) is 27.7 Å². The second kappa shape index (κ2) is 6.81. The Bertz CT molecular complexity index is 2080. The van der Waals surface area contributed by atoms with E-state index in [4.69, 9.17) is 13.8 Å². The van der Waals surface area contributed by atoms with Crippen molar-refractivity contribution in [2.75, 3.05) is 0 Å². The number of para-hydroxylation sites is 5. The highest BCUT2D eigenvalue weighted by Gasteiger charge is 2.22. The molecule has 5 nitrogen and oxygen atoms in total. The van der Waals surface area contributed by atoms with Crippen molar-refractivity contribution >= 4 is 55.0 Å². The molecule has 0 fully saturated rings. The van der Waals surface area contributed by atoms with Crippen LogP contribution in [-0.4, -0.2) is 14.5 Å². The third-order valence-corrected chi connectivity index (χ3v) is 6.70. The smallest absolute Gasteiger partial charge is 0.227 e. The maximum absolute atomic E-state index is 6.40. The van der Waals surface area contributed by atoms with E-state index < -0.39 is 0 Å². The summed E-state index contributed by atoms with van der Waals surface area (Å²) in [6.07, 6.45) is 1.75. The Morgan fingerprint density at radius 3 is 2.34 bits per heavy atom. The molecule has 5 heteroatoms. The molecule has 0 bridgehead atoms. The molecule has 4 heterocycles. The summed E-state index contributed by atoms with van der Waals surface area (Å²) in [5.41, 5.74) is 6.84. The average molecular weight is 451 g/mol. The van der Waals surface area contributed by atoms with E-state index in [9.17, 15) is 0 Å². The first-order chi connectivity index (χ1) is 17.4. The monoisotopic (exact) mass is 451 g/mol. The van der Waals surface area contributed by atoms with E-state index in [0.717, 1.165) is 66.4 Å². The van der Waals surface area contributed by atoms with Crippen molar-refractivity contribution in [2.45, 2.75) is 0 Å². The molecule has 0 N–H and O–H groups in total. The highest BCUT2D eigenvalue weighted by atomic mass is 16.3. The van der Waals surface area contributed by atoms with Crippen molar-refractivity contribution in [2.24, 2.45) is 0 Å². The molecule has 0 radical (unpaired) electrons. The van der Waals surface area contributed by atoms with Crippen molar-refractivity contribution in [1.29, 1.82) is 0 Å². The van der Waals surface area contributed by atoms with Crippen LogP contribution in [0.15, 0.2) is 112 Å². The zero-order valence-corrected chi connectivity index (χ0v) is 18.5. The van der Waals surface area contributed by atoms with Gasteiger partial charge in [0.15, 0.2) is 5.58 Å². The first-order valence-corrected chi connectivity index (χ1v) is 11.5. The van der Waals surface area contributed by atoms with Gasteiger partial charge in [-0.2, -0.15) is 0 Å². The Balaban J connectivity index is 1.52. The molecule has 164 valence electrons. The van der Waals surface area contributed by atoms with E-state index in [0.29, 0.717) is 5.71 Å². The fourth-order valence-electron chi connectivity index (χ4n) is 5.17. The number of fused-ring (bicyclic) bond motifs is 7. The molecule has 8 aromatic rings. The van der Waals surface area contributed by atoms with Gasteiger partial charge < -0.3 is 8.83 Å². The van der Waals surface area contributed by atoms with Gasteiger partial charge in [0.1, 0.15) is 17.0 Å². The largest absolute Gasteiger partial charge is 0.454 e. The minimum atomic E-state index is 0.622. The molecule has 8 rings (SSSR count). The molecule has 4 aromatic heterocycles. The van der Waals surface area contributed by atoms with Gasteiger partial charge in [-0.15, -0.1) is 0 Å². The number of rotatable bonds is 2. The number of aromatic nitrogens is 3. The van der Waals surface area contributed by atoms with E-state index >= 15 is 0 Å². The number of furan rings is 2. The van der Waals surface area contributed by atoms with Crippen molar-refractivity contribution in [3.8, 4) is 17.1 Å². The van der Waals surface area contributed by atoms with Crippen LogP contribution in [0.4, 0.5) is 0 Å². The molecule has 35 heavy (non-hydrogen) atoms. The second-order valence-electron chi connectivity index (χ2n) is 8.65. The normalized spacial score (nSPS) is 12.0. The summed E-state index contributed by atoms with van der Waals surface area (Å²) in [6, 6.07) is 32.7. The highest BCUT2D eigenvalue weighted by Crippen LogP contribution is 2.39. The quantitative estimate of drug-likeness (QED) is 0.268. The average Bonchev–Trinajstić information content (AvgIpc) is 3.59. The summed E-state index contributed by atoms with van der Waals surface area (Å²) in [5, 5.41) is 4.19. The van der Waals surface area contributed by atoms with Crippen LogP contribution in [0.1, 0.15) is 0 Å². The lowest BCUT2D eigenvalue weighted by atomic mass is 10.1. The minimum Gasteiger partial charge on any atom is -0.454 e. The predicted molar refractivity (Wildman–Crippen MR) is 139 cm³/mol. The lowest BCUT2D eigenvalue weighted by Gasteiger charge is -2.10. The summed E-state index contributed by atoms with van der Waals surface area (Å²) in [7, 11) is 0. The Morgan fingerprint density at radius 2 is 1.37 bits per heavy atom. The Morgan fingerprint density at radius 1 is 0.600 bits per heavy atom. The van der Waals surface area contributed by atoms with Gasteiger partial charge in [0.25, 0.3) is 0 Å². The van der Waals surface area contributed by atoms with Crippen LogP contribution >= 0.6 is 0 Å². The van der Waals surface area contributed by atoms with Crippen molar-refractivity contribution in [3.05, 3.63) is 103 Å². The van der Waals surface area contributed by atoms with Crippen LogP contribution in [0.25, 0.3) is 72.1 Å². The third-order valence-electron chi connectivity index (χ3n) is 6.70. The van der Waals surface area contributed by atoms with Gasteiger partial charge in [-0.3, -0.25) is 4.57 Å². The van der Waals surface area contributed by atoms with Crippen molar-refractivity contribution in [1.82, 2.24) is 14.5 Å². The van der Waals surface area contributed by atoms with Crippen molar-refractivity contribution in [3.63, 3.8) is 0 Å². The Kier molecular flexibility index (Phi) is 3.60. The van der Waals surface area contributed by atoms with Gasteiger partial charge in [-0.1, -0.05) is 54.6 Å². The number of nitrogens with zero attached hydrogens (tertiary/aromatic N) is 3. The molecule has 4 aromatic carbocycles. The standard InChI is InChI=1S/C30H17N3O2/c1-4-16-26-18(8-1)19-10-6-15-25(28(19)34-26)33-24-14-3-2-13-23(24)32-29(33)22-11-5-9-20-21-12-7-17-31-30(21)35-27(20)22/h1-17H. The number of benzene rings is 4. The van der Waals surface area contributed by atoms with E-state index in [2.05, 4.69) is 52.0 Å². The van der Waals surface area contributed by atoms with E-state index in [1.165, 1.54) is 0 Å². The summed E-state index contributed by atoms with van der Waals surface area (Å²) < 4.78 is 14.8. The fraction of sp³-hybridized carbons (Fsp3) is 0. The van der Waals surface area contributed by atoms with Crippen LogP contribution in [0.2, 0.25) is 0 Å². The summed E-state index contributed by atoms with van der Waals surface area (Å²) in [4.78, 5) is 9.51. The third kappa shape index (κ3) is 2.52. The van der Waals surface area contributed by atoms with Gasteiger partial charge in [0.05, 0.1) is 22.3 Å². The molecular weight excluding hydrogens is 434 g/mol. The molecule has 0 unspecified atom stereocenters. The van der Waals surface area contributed by atoms with Crippen LogP contribution < -0.4 is 0 Å². The molecule has 0 aliphatic carbocycles. The molecule has 0 amide bonds. The molecule has 0 atom stereocenters. The van der Waals surface area contributed by atoms with E-state index in [1.807, 2.05) is 54.6 Å². The SMILES string of the molecule is c1ccc2c(c1)nc(-c1cccc3c1oc1ncccc13)n2-c1cccc2c1oc1ccccc12. The summed E-state index contributed by atoms with van der Waals surface area (Å²) in [6.45, 7) is 0. The van der Waals surface area contributed by atoms with Gasteiger partial charge in [-0.25, -0.2) is 9.97 Å². The molecule has 0 spiro atoms. The van der Waals surface area contributed by atoms with Crippen LogP contribution in [0.3, 0.4) is 0 Å². The first kappa shape index (κ1) is 18.5. The predicted octanol–water partition coefficient (Wildman–Crippen LogP) is 7.89. The number of pyridine rings is 1. The van der Waals surface area contributed by atoms with E-state index in [1.54, 1.807) is 6.20 Å². The van der Waals surface area contributed by atoms with Crippen LogP contribution in [0.5, 0.6) is 0 Å².